The predicted octanol–water partition coefficient (Wildman–Crippen LogP) is 5.44. The van der Waals surface area contributed by atoms with Gasteiger partial charge in [-0.3, -0.25) is 10.2 Å². The molecule has 3 aromatic carbocycles. The van der Waals surface area contributed by atoms with Gasteiger partial charge in [-0.2, -0.15) is 0 Å². The predicted molar refractivity (Wildman–Crippen MR) is 140 cm³/mol. The van der Waals surface area contributed by atoms with Gasteiger partial charge >= 0.3 is 0 Å². The number of methoxy groups -OCH3 is 1. The first kappa shape index (κ1) is 30.8. The fraction of sp³-hybridized carbons (Fsp3) is 0.231. The van der Waals surface area contributed by atoms with Crippen LogP contribution in [0.3, 0.4) is 0 Å². The summed E-state index contributed by atoms with van der Waals surface area (Å²) in [6.07, 6.45) is -1.57. The maximum absolute atomic E-state index is 14.6. The number of hydrogen-bond donors (Lipinski definition) is 3. The molecule has 3 rings (SSSR count). The van der Waals surface area contributed by atoms with Crippen molar-refractivity contribution in [2.24, 2.45) is 5.73 Å². The lowest BCUT2D eigenvalue weighted by atomic mass is 10.1. The van der Waals surface area contributed by atoms with Gasteiger partial charge in [-0.15, -0.1) is 12.4 Å². The first-order chi connectivity index (χ1) is 17.6. The highest BCUT2D eigenvalue weighted by Gasteiger charge is 2.28. The van der Waals surface area contributed by atoms with Crippen molar-refractivity contribution in [3.8, 4) is 11.5 Å². The Morgan fingerprint density at radius 2 is 1.74 bits per heavy atom. The number of halogens is 5. The number of nitrogen functional groups attached to an aromatic ring is 1. The molecule has 204 valence electrons. The van der Waals surface area contributed by atoms with Gasteiger partial charge in [-0.1, -0.05) is 23.7 Å². The Morgan fingerprint density at radius 1 is 1.05 bits per heavy atom. The van der Waals surface area contributed by atoms with Crippen molar-refractivity contribution in [3.05, 3.63) is 93.3 Å². The van der Waals surface area contributed by atoms with Crippen LogP contribution in [0.5, 0.6) is 11.5 Å². The van der Waals surface area contributed by atoms with Crippen LogP contribution >= 0.6 is 24.0 Å². The molecule has 0 aliphatic carbocycles. The van der Waals surface area contributed by atoms with E-state index < -0.39 is 35.0 Å². The van der Waals surface area contributed by atoms with E-state index in [2.05, 4.69) is 5.32 Å². The molecule has 0 bridgehead atoms. The molecular formula is C26H26Cl2F3N3O4. The van der Waals surface area contributed by atoms with E-state index in [9.17, 15) is 18.0 Å². The number of benzene rings is 3. The van der Waals surface area contributed by atoms with Crippen molar-refractivity contribution in [1.29, 1.82) is 5.41 Å². The van der Waals surface area contributed by atoms with Crippen LogP contribution < -0.4 is 20.5 Å². The van der Waals surface area contributed by atoms with E-state index >= 15 is 0 Å². The lowest BCUT2D eigenvalue weighted by Gasteiger charge is -2.20. The standard InChI is InChI=1S/C26H25ClF3N3O4.ClH/c1-3-36-24(23-20(29)10-18(35-2)11-21(23)30)26(34)33-12-15-5-4-14(25(31)32)9-22(15)37-13-16-8-17(27)6-7-19(16)28;/h4-11,24H,3,12-13H2,1-2H3,(H3,31,32)(H,33,34);1H. The molecule has 0 aromatic heterocycles. The molecule has 38 heavy (non-hydrogen) atoms. The van der Waals surface area contributed by atoms with Crippen molar-refractivity contribution >= 4 is 35.8 Å². The van der Waals surface area contributed by atoms with E-state index in [1.165, 1.54) is 31.4 Å². The Bertz CT molecular complexity index is 1290. The minimum absolute atomic E-state index is 0. The molecule has 1 unspecified atom stereocenters. The second-order valence-electron chi connectivity index (χ2n) is 7.82. The highest BCUT2D eigenvalue weighted by Crippen LogP contribution is 2.29. The SMILES string of the molecule is CCOC(C(=O)NCc1ccc(C(=N)N)cc1OCc1cc(Cl)ccc1F)c1c(F)cc(OC)cc1F.Cl. The van der Waals surface area contributed by atoms with Crippen LogP contribution in [0.1, 0.15) is 35.3 Å². The van der Waals surface area contributed by atoms with Crippen LogP contribution in [0.2, 0.25) is 5.02 Å². The molecule has 3 aromatic rings. The average Bonchev–Trinajstić information content (AvgIpc) is 2.86. The molecule has 0 fully saturated rings. The maximum atomic E-state index is 14.6. The molecule has 1 atom stereocenters. The first-order valence-electron chi connectivity index (χ1n) is 11.1. The largest absolute Gasteiger partial charge is 0.497 e. The van der Waals surface area contributed by atoms with Crippen molar-refractivity contribution in [1.82, 2.24) is 5.32 Å². The summed E-state index contributed by atoms with van der Waals surface area (Å²) >= 11 is 5.94. The highest BCUT2D eigenvalue weighted by molar-refractivity contribution is 6.30. The average molecular weight is 572 g/mol. The maximum Gasteiger partial charge on any atom is 0.254 e. The Kier molecular flexibility index (Phi) is 11.2. The Balaban J connectivity index is 0.00000507. The van der Waals surface area contributed by atoms with Gasteiger partial charge in [0, 0.05) is 47.0 Å². The fourth-order valence-corrected chi connectivity index (χ4v) is 3.67. The normalized spacial score (nSPS) is 11.3. The Hall–Kier alpha value is -3.47. The number of hydrogen-bond acceptors (Lipinski definition) is 5. The summed E-state index contributed by atoms with van der Waals surface area (Å²) in [5.74, 6) is -3.37. The number of nitrogens with one attached hydrogen (secondary N) is 2. The lowest BCUT2D eigenvalue weighted by Crippen LogP contribution is -2.32. The quantitative estimate of drug-likeness (QED) is 0.210. The van der Waals surface area contributed by atoms with Gasteiger partial charge in [-0.25, -0.2) is 13.2 Å². The number of ether oxygens (including phenoxy) is 3. The summed E-state index contributed by atoms with van der Waals surface area (Å²) in [7, 11) is 1.26. The lowest BCUT2D eigenvalue weighted by molar-refractivity contribution is -0.133. The number of amidine groups is 1. The van der Waals surface area contributed by atoms with Gasteiger partial charge in [-0.05, 0) is 31.2 Å². The summed E-state index contributed by atoms with van der Waals surface area (Å²) in [4.78, 5) is 13.0. The van der Waals surface area contributed by atoms with Gasteiger partial charge in [0.05, 0.1) is 12.7 Å². The monoisotopic (exact) mass is 571 g/mol. The smallest absolute Gasteiger partial charge is 0.254 e. The van der Waals surface area contributed by atoms with Crippen molar-refractivity contribution in [2.45, 2.75) is 26.2 Å². The van der Waals surface area contributed by atoms with E-state index in [4.69, 9.17) is 37.0 Å². The molecule has 1 amide bonds. The van der Waals surface area contributed by atoms with Crippen LogP contribution in [0.4, 0.5) is 13.2 Å². The third kappa shape index (κ3) is 7.53. The number of amides is 1. The van der Waals surface area contributed by atoms with Crippen molar-refractivity contribution < 1.29 is 32.2 Å². The zero-order valence-corrected chi connectivity index (χ0v) is 22.0. The zero-order valence-electron chi connectivity index (χ0n) is 20.4. The second kappa shape index (κ2) is 13.9. The van der Waals surface area contributed by atoms with Crippen molar-refractivity contribution in [2.75, 3.05) is 13.7 Å². The van der Waals surface area contributed by atoms with Gasteiger partial charge in [0.1, 0.15) is 41.4 Å². The molecular weight excluding hydrogens is 546 g/mol. The molecule has 0 saturated carbocycles. The third-order valence-electron chi connectivity index (χ3n) is 5.34. The van der Waals surface area contributed by atoms with E-state index in [1.54, 1.807) is 19.1 Å². The van der Waals surface area contributed by atoms with Crippen LogP contribution in [-0.2, 0) is 22.7 Å². The first-order valence-corrected chi connectivity index (χ1v) is 11.5. The van der Waals surface area contributed by atoms with E-state index in [-0.39, 0.29) is 55.1 Å². The topological polar surface area (TPSA) is 107 Å². The molecule has 0 aliphatic heterocycles. The number of carbonyl (C=O) groups is 1. The summed E-state index contributed by atoms with van der Waals surface area (Å²) in [5, 5.41) is 10.6. The summed E-state index contributed by atoms with van der Waals surface area (Å²) < 4.78 is 59.4. The van der Waals surface area contributed by atoms with Gasteiger partial charge in [0.25, 0.3) is 5.91 Å². The molecule has 0 spiro atoms. The molecule has 7 nitrogen and oxygen atoms in total. The van der Waals surface area contributed by atoms with Crippen molar-refractivity contribution in [3.63, 3.8) is 0 Å². The molecule has 12 heteroatoms. The third-order valence-corrected chi connectivity index (χ3v) is 5.58. The van der Waals surface area contributed by atoms with Crippen LogP contribution in [0.25, 0.3) is 0 Å². The van der Waals surface area contributed by atoms with Gasteiger partial charge in [0.15, 0.2) is 6.10 Å². The van der Waals surface area contributed by atoms with Gasteiger partial charge in [0.2, 0.25) is 0 Å². The fourth-order valence-electron chi connectivity index (χ4n) is 3.47. The highest BCUT2D eigenvalue weighted by atomic mass is 35.5. The summed E-state index contributed by atoms with van der Waals surface area (Å²) in [6.45, 7) is 1.27. The van der Waals surface area contributed by atoms with E-state index in [0.717, 1.165) is 12.1 Å². The van der Waals surface area contributed by atoms with Crippen LogP contribution in [-0.4, -0.2) is 25.5 Å². The zero-order chi connectivity index (χ0) is 27.1. The molecule has 0 heterocycles. The molecule has 0 radical (unpaired) electrons. The Labute approximate surface area is 228 Å². The minimum Gasteiger partial charge on any atom is -0.497 e. The van der Waals surface area contributed by atoms with Crippen LogP contribution in [0.15, 0.2) is 48.5 Å². The summed E-state index contributed by atoms with van der Waals surface area (Å²) in [5.41, 5.74) is 5.99. The Morgan fingerprint density at radius 3 is 2.34 bits per heavy atom. The van der Waals surface area contributed by atoms with Gasteiger partial charge < -0.3 is 25.3 Å². The molecule has 0 aliphatic rings. The molecule has 0 saturated heterocycles. The van der Waals surface area contributed by atoms with E-state index in [0.29, 0.717) is 16.1 Å². The number of rotatable bonds is 11. The second-order valence-corrected chi connectivity index (χ2v) is 8.25. The van der Waals surface area contributed by atoms with E-state index in [1.807, 2.05) is 0 Å². The number of nitrogens with two attached hydrogens (primary N) is 1. The minimum atomic E-state index is -1.57. The summed E-state index contributed by atoms with van der Waals surface area (Å²) in [6, 6.07) is 10.5. The van der Waals surface area contributed by atoms with Crippen LogP contribution in [0, 0.1) is 22.9 Å². The molecule has 4 N–H and O–H groups in total. The number of carbonyl (C=O) groups excluding carboxylic acids is 1.